The third kappa shape index (κ3) is 4.45. The number of para-hydroxylation sites is 2. The molecule has 0 heterocycles. The maximum absolute atomic E-state index is 9.51. The Morgan fingerprint density at radius 3 is 1.35 bits per heavy atom. The van der Waals surface area contributed by atoms with Crippen LogP contribution in [0.1, 0.15) is 0 Å². The molecule has 0 atom stereocenters. The predicted octanol–water partition coefficient (Wildman–Crippen LogP) is 3.12. The van der Waals surface area contributed by atoms with Crippen LogP contribution in [0, 0.1) is 22.7 Å². The fourth-order valence-electron chi connectivity index (χ4n) is 1.95. The van der Waals surface area contributed by atoms with Gasteiger partial charge in [-0.2, -0.15) is 10.5 Å². The van der Waals surface area contributed by atoms with Gasteiger partial charge in [-0.25, -0.2) is 0 Å². The van der Waals surface area contributed by atoms with Gasteiger partial charge in [-0.1, -0.05) is 47.8 Å². The lowest BCUT2D eigenvalue weighted by Crippen LogP contribution is -2.06. The number of nitrogens with two attached hydrogens (primary N) is 4. The zero-order chi connectivity index (χ0) is 19.1. The number of anilines is 2. The minimum absolute atomic E-state index is 0.000237. The van der Waals surface area contributed by atoms with Crippen molar-refractivity contribution >= 4 is 34.9 Å². The SMILES string of the molecule is N#CC(=C(\N)Sc1ccccc1N)/C(C#N)=C(/N)Sc1ccccc1N. The Bertz CT molecular complexity index is 887. The zero-order valence-electron chi connectivity index (χ0n) is 13.6. The van der Waals surface area contributed by atoms with Gasteiger partial charge < -0.3 is 22.9 Å². The Hall–Kier alpha value is -3.20. The molecule has 0 fully saturated rings. The standard InChI is InChI=1S/C18H16N6S2/c19-9-11(17(23)25-15-7-3-1-5-13(15)21)12(10-20)18(24)26-16-8-4-2-6-14(16)22/h1-8H,21-24H2/b17-11-,18-12-. The summed E-state index contributed by atoms with van der Waals surface area (Å²) in [6.45, 7) is 0. The minimum atomic E-state index is 0.000237. The van der Waals surface area contributed by atoms with E-state index in [9.17, 15) is 10.5 Å². The van der Waals surface area contributed by atoms with Crippen molar-refractivity contribution in [3.05, 3.63) is 69.7 Å². The van der Waals surface area contributed by atoms with Crippen molar-refractivity contribution < 1.29 is 0 Å². The van der Waals surface area contributed by atoms with Gasteiger partial charge >= 0.3 is 0 Å². The second-order valence-corrected chi connectivity index (χ2v) is 7.15. The first-order valence-corrected chi connectivity index (χ1v) is 8.96. The van der Waals surface area contributed by atoms with Crippen LogP contribution in [-0.4, -0.2) is 0 Å². The lowest BCUT2D eigenvalue weighted by atomic mass is 10.1. The van der Waals surface area contributed by atoms with Gasteiger partial charge in [-0.05, 0) is 24.3 Å². The van der Waals surface area contributed by atoms with Crippen LogP contribution in [0.4, 0.5) is 11.4 Å². The fraction of sp³-hybridized carbons (Fsp3) is 0. The molecule has 0 spiro atoms. The molecule has 0 radical (unpaired) electrons. The second-order valence-electron chi connectivity index (χ2n) is 4.98. The van der Waals surface area contributed by atoms with Crippen LogP contribution in [0.15, 0.2) is 79.5 Å². The summed E-state index contributed by atoms with van der Waals surface area (Å²) < 4.78 is 0. The number of allylic oxidation sites excluding steroid dienone is 2. The Morgan fingerprint density at radius 1 is 0.692 bits per heavy atom. The van der Waals surface area contributed by atoms with Gasteiger partial charge in [0, 0.05) is 21.2 Å². The van der Waals surface area contributed by atoms with Crippen LogP contribution in [0.2, 0.25) is 0 Å². The van der Waals surface area contributed by atoms with Crippen molar-refractivity contribution in [2.75, 3.05) is 11.5 Å². The minimum Gasteiger partial charge on any atom is -0.398 e. The highest BCUT2D eigenvalue weighted by Gasteiger charge is 2.16. The van der Waals surface area contributed by atoms with Crippen molar-refractivity contribution in [2.45, 2.75) is 9.79 Å². The predicted molar refractivity (Wildman–Crippen MR) is 107 cm³/mol. The highest BCUT2D eigenvalue weighted by atomic mass is 32.2. The zero-order valence-corrected chi connectivity index (χ0v) is 15.3. The first-order chi connectivity index (χ1) is 12.5. The first kappa shape index (κ1) is 19.1. The third-order valence-electron chi connectivity index (χ3n) is 3.24. The van der Waals surface area contributed by atoms with E-state index in [-0.39, 0.29) is 21.2 Å². The average Bonchev–Trinajstić information content (AvgIpc) is 2.63. The topological polar surface area (TPSA) is 152 Å². The van der Waals surface area contributed by atoms with Crippen LogP contribution in [-0.2, 0) is 0 Å². The highest BCUT2D eigenvalue weighted by Crippen LogP contribution is 2.35. The number of hydrogen-bond donors (Lipinski definition) is 4. The average molecular weight is 381 g/mol. The normalized spacial score (nSPS) is 12.4. The molecule has 130 valence electrons. The molecule has 0 aliphatic rings. The number of nitriles is 2. The first-order valence-electron chi connectivity index (χ1n) is 7.32. The van der Waals surface area contributed by atoms with E-state index in [0.29, 0.717) is 21.2 Å². The summed E-state index contributed by atoms with van der Waals surface area (Å²) in [7, 11) is 0. The fourth-order valence-corrected chi connectivity index (χ4v) is 3.59. The number of nitrogens with zero attached hydrogens (tertiary/aromatic N) is 2. The van der Waals surface area contributed by atoms with Crippen LogP contribution >= 0.6 is 23.5 Å². The highest BCUT2D eigenvalue weighted by molar-refractivity contribution is 8.03. The van der Waals surface area contributed by atoms with Crippen molar-refractivity contribution in [3.63, 3.8) is 0 Å². The molecule has 8 N–H and O–H groups in total. The maximum Gasteiger partial charge on any atom is 0.103 e. The lowest BCUT2D eigenvalue weighted by molar-refractivity contribution is 1.34. The Labute approximate surface area is 160 Å². The molecule has 2 rings (SSSR count). The second kappa shape index (κ2) is 8.77. The van der Waals surface area contributed by atoms with E-state index < -0.39 is 0 Å². The molecule has 0 bridgehead atoms. The molecule has 8 heteroatoms. The number of hydrogen-bond acceptors (Lipinski definition) is 8. The molecule has 6 nitrogen and oxygen atoms in total. The van der Waals surface area contributed by atoms with Gasteiger partial charge in [0.25, 0.3) is 0 Å². The van der Waals surface area contributed by atoms with E-state index in [4.69, 9.17) is 22.9 Å². The molecule has 2 aromatic rings. The molecule has 26 heavy (non-hydrogen) atoms. The van der Waals surface area contributed by atoms with Crippen molar-refractivity contribution in [1.29, 1.82) is 10.5 Å². The maximum atomic E-state index is 9.51. The quantitative estimate of drug-likeness (QED) is 0.267. The molecular formula is C18H16N6S2. The summed E-state index contributed by atoms with van der Waals surface area (Å²) in [5, 5.41) is 19.3. The summed E-state index contributed by atoms with van der Waals surface area (Å²) in [6, 6.07) is 18.1. The van der Waals surface area contributed by atoms with Gasteiger partial charge in [0.1, 0.15) is 23.3 Å². The van der Waals surface area contributed by atoms with Crippen LogP contribution < -0.4 is 22.9 Å². The number of nitrogen functional groups attached to an aromatic ring is 2. The number of rotatable bonds is 5. The van der Waals surface area contributed by atoms with Gasteiger partial charge in [-0.15, -0.1) is 0 Å². The smallest absolute Gasteiger partial charge is 0.103 e. The molecule has 0 saturated carbocycles. The third-order valence-corrected chi connectivity index (χ3v) is 5.28. The van der Waals surface area contributed by atoms with Crippen molar-refractivity contribution in [3.8, 4) is 12.1 Å². The van der Waals surface area contributed by atoms with Crippen molar-refractivity contribution in [1.82, 2.24) is 0 Å². The van der Waals surface area contributed by atoms with Gasteiger partial charge in [0.2, 0.25) is 0 Å². The van der Waals surface area contributed by atoms with E-state index in [0.717, 1.165) is 23.5 Å². The van der Waals surface area contributed by atoms with E-state index >= 15 is 0 Å². The lowest BCUT2D eigenvalue weighted by Gasteiger charge is -2.10. The van der Waals surface area contributed by atoms with Crippen LogP contribution in [0.3, 0.4) is 0 Å². The van der Waals surface area contributed by atoms with E-state index in [1.807, 2.05) is 24.3 Å². The summed E-state index contributed by atoms with van der Waals surface area (Å²) in [6.07, 6.45) is 0. The summed E-state index contributed by atoms with van der Waals surface area (Å²) in [4.78, 5) is 1.38. The van der Waals surface area contributed by atoms with E-state index in [2.05, 4.69) is 0 Å². The van der Waals surface area contributed by atoms with Gasteiger partial charge in [0.15, 0.2) is 0 Å². The van der Waals surface area contributed by atoms with Crippen LogP contribution in [0.25, 0.3) is 0 Å². The molecule has 2 aromatic carbocycles. The number of benzene rings is 2. The Morgan fingerprint density at radius 2 is 1.04 bits per heavy atom. The molecule has 0 saturated heterocycles. The van der Waals surface area contributed by atoms with E-state index in [1.54, 1.807) is 36.4 Å². The van der Waals surface area contributed by atoms with Gasteiger partial charge in [0.05, 0.1) is 10.1 Å². The van der Waals surface area contributed by atoms with E-state index in [1.165, 1.54) is 0 Å². The largest absolute Gasteiger partial charge is 0.398 e. The molecule has 0 aliphatic heterocycles. The Kier molecular flexibility index (Phi) is 6.45. The summed E-state index contributed by atoms with van der Waals surface area (Å²) in [5.74, 6) is 0. The van der Waals surface area contributed by atoms with Gasteiger partial charge in [-0.3, -0.25) is 0 Å². The monoisotopic (exact) mass is 380 g/mol. The number of thioether (sulfide) groups is 2. The summed E-state index contributed by atoms with van der Waals surface area (Å²) >= 11 is 2.22. The van der Waals surface area contributed by atoms with Crippen molar-refractivity contribution in [2.24, 2.45) is 11.5 Å². The molecular weight excluding hydrogens is 364 g/mol. The Balaban J connectivity index is 2.42. The molecule has 0 amide bonds. The van der Waals surface area contributed by atoms with Crippen LogP contribution in [0.5, 0.6) is 0 Å². The molecule has 0 aromatic heterocycles. The molecule has 0 aliphatic carbocycles. The molecule has 0 unspecified atom stereocenters. The summed E-state index contributed by atoms with van der Waals surface area (Å²) in [5.41, 5.74) is 25.0.